The number of furan rings is 1. The highest BCUT2D eigenvalue weighted by Gasteiger charge is 2.14. The third-order valence-corrected chi connectivity index (χ3v) is 4.14. The van der Waals surface area contributed by atoms with Gasteiger partial charge in [0.1, 0.15) is 0 Å². The van der Waals surface area contributed by atoms with E-state index in [0.717, 1.165) is 29.6 Å². The Labute approximate surface area is 129 Å². The van der Waals surface area contributed by atoms with E-state index >= 15 is 0 Å². The molecule has 0 fully saturated rings. The molecule has 114 valence electrons. The molecule has 21 heavy (non-hydrogen) atoms. The second-order valence-electron chi connectivity index (χ2n) is 4.86. The lowest BCUT2D eigenvalue weighted by Crippen LogP contribution is -2.38. The van der Waals surface area contributed by atoms with E-state index in [0.29, 0.717) is 13.1 Å². The van der Waals surface area contributed by atoms with E-state index < -0.39 is 0 Å². The summed E-state index contributed by atoms with van der Waals surface area (Å²) in [6.07, 6.45) is 1.64. The first kappa shape index (κ1) is 15.7. The van der Waals surface area contributed by atoms with E-state index in [1.807, 2.05) is 48.2 Å². The van der Waals surface area contributed by atoms with Crippen LogP contribution < -0.4 is 0 Å². The standard InChI is InChI=1S/C15H21N3O2S/c1-4-18(5-2)14(19)10-17(3)9-12-11-21-15(16-12)13-7-6-8-20-13/h6-8,11H,4-5,9-10H2,1-3H3. The first-order valence-electron chi connectivity index (χ1n) is 7.08. The topological polar surface area (TPSA) is 49.6 Å². The quantitative estimate of drug-likeness (QED) is 0.789. The highest BCUT2D eigenvalue weighted by molar-refractivity contribution is 7.13. The fourth-order valence-corrected chi connectivity index (χ4v) is 2.91. The van der Waals surface area contributed by atoms with Crippen LogP contribution in [0.4, 0.5) is 0 Å². The lowest BCUT2D eigenvalue weighted by atomic mass is 10.4. The van der Waals surface area contributed by atoms with E-state index in [-0.39, 0.29) is 5.91 Å². The minimum absolute atomic E-state index is 0.156. The maximum absolute atomic E-state index is 12.0. The van der Waals surface area contributed by atoms with Crippen LogP contribution in [0.3, 0.4) is 0 Å². The van der Waals surface area contributed by atoms with Gasteiger partial charge >= 0.3 is 0 Å². The summed E-state index contributed by atoms with van der Waals surface area (Å²) in [5.74, 6) is 0.942. The molecule has 0 aliphatic heterocycles. The summed E-state index contributed by atoms with van der Waals surface area (Å²) in [7, 11) is 1.94. The fourth-order valence-electron chi connectivity index (χ4n) is 2.13. The molecule has 0 saturated carbocycles. The van der Waals surface area contributed by atoms with E-state index in [4.69, 9.17) is 4.42 Å². The molecule has 0 saturated heterocycles. The van der Waals surface area contributed by atoms with Crippen molar-refractivity contribution in [3.8, 4) is 10.8 Å². The van der Waals surface area contributed by atoms with Crippen LogP contribution in [0.5, 0.6) is 0 Å². The second-order valence-corrected chi connectivity index (χ2v) is 5.72. The predicted molar refractivity (Wildman–Crippen MR) is 84.1 cm³/mol. The van der Waals surface area contributed by atoms with Crippen LogP contribution in [0.2, 0.25) is 0 Å². The van der Waals surface area contributed by atoms with Crippen LogP contribution >= 0.6 is 11.3 Å². The molecular formula is C15H21N3O2S. The summed E-state index contributed by atoms with van der Waals surface area (Å²) >= 11 is 1.56. The number of amides is 1. The van der Waals surface area contributed by atoms with Crippen LogP contribution in [0.1, 0.15) is 19.5 Å². The fraction of sp³-hybridized carbons (Fsp3) is 0.467. The van der Waals surface area contributed by atoms with Gasteiger partial charge in [0.25, 0.3) is 0 Å². The molecule has 0 aliphatic rings. The minimum atomic E-state index is 0.156. The number of nitrogens with zero attached hydrogens (tertiary/aromatic N) is 3. The van der Waals surface area contributed by atoms with Gasteiger partial charge in [0.2, 0.25) is 5.91 Å². The van der Waals surface area contributed by atoms with Crippen molar-refractivity contribution in [2.75, 3.05) is 26.7 Å². The molecule has 6 heteroatoms. The number of carbonyl (C=O) groups excluding carboxylic acids is 1. The Morgan fingerprint density at radius 3 is 2.76 bits per heavy atom. The molecule has 2 heterocycles. The van der Waals surface area contributed by atoms with Crippen LogP contribution in [0, 0.1) is 0 Å². The number of likely N-dealkylation sites (N-methyl/N-ethyl adjacent to an activating group) is 2. The van der Waals surface area contributed by atoms with Crippen molar-refractivity contribution in [1.29, 1.82) is 0 Å². The largest absolute Gasteiger partial charge is 0.462 e. The number of thiazole rings is 1. The monoisotopic (exact) mass is 307 g/mol. The van der Waals surface area contributed by atoms with Gasteiger partial charge in [-0.05, 0) is 33.0 Å². The maximum atomic E-state index is 12.0. The SMILES string of the molecule is CCN(CC)C(=O)CN(C)Cc1csc(-c2ccco2)n1. The van der Waals surface area contributed by atoms with Crippen molar-refractivity contribution in [3.63, 3.8) is 0 Å². The zero-order valence-corrected chi connectivity index (χ0v) is 13.5. The average molecular weight is 307 g/mol. The van der Waals surface area contributed by atoms with Crippen molar-refractivity contribution >= 4 is 17.2 Å². The third kappa shape index (κ3) is 4.15. The zero-order chi connectivity index (χ0) is 15.2. The summed E-state index contributed by atoms with van der Waals surface area (Å²) in [5, 5.41) is 2.88. The predicted octanol–water partition coefficient (Wildman–Crippen LogP) is 2.70. The highest BCUT2D eigenvalue weighted by Crippen LogP contribution is 2.24. The van der Waals surface area contributed by atoms with Gasteiger partial charge in [-0.1, -0.05) is 0 Å². The Hall–Kier alpha value is -1.66. The number of aromatic nitrogens is 1. The number of hydrogen-bond acceptors (Lipinski definition) is 5. The molecule has 0 atom stereocenters. The lowest BCUT2D eigenvalue weighted by molar-refractivity contribution is -0.131. The van der Waals surface area contributed by atoms with Crippen molar-refractivity contribution in [2.24, 2.45) is 0 Å². The lowest BCUT2D eigenvalue weighted by Gasteiger charge is -2.22. The number of hydrogen-bond donors (Lipinski definition) is 0. The van der Waals surface area contributed by atoms with Crippen molar-refractivity contribution in [3.05, 3.63) is 29.5 Å². The minimum Gasteiger partial charge on any atom is -0.462 e. The Morgan fingerprint density at radius 2 is 2.14 bits per heavy atom. The molecule has 0 N–H and O–H groups in total. The van der Waals surface area contributed by atoms with Crippen LogP contribution in [-0.4, -0.2) is 47.4 Å². The number of rotatable bonds is 7. The molecule has 1 amide bonds. The molecular weight excluding hydrogens is 286 g/mol. The highest BCUT2D eigenvalue weighted by atomic mass is 32.1. The second kappa shape index (κ2) is 7.38. The van der Waals surface area contributed by atoms with E-state index in [1.54, 1.807) is 17.6 Å². The Morgan fingerprint density at radius 1 is 1.38 bits per heavy atom. The molecule has 0 aromatic carbocycles. The third-order valence-electron chi connectivity index (χ3n) is 3.24. The summed E-state index contributed by atoms with van der Waals surface area (Å²) in [6.45, 7) is 6.57. The van der Waals surface area contributed by atoms with E-state index in [1.165, 1.54) is 0 Å². The summed E-state index contributed by atoms with van der Waals surface area (Å²) in [4.78, 5) is 20.4. The van der Waals surface area contributed by atoms with Crippen LogP contribution in [0.15, 0.2) is 28.2 Å². The molecule has 0 aliphatic carbocycles. The molecule has 0 unspecified atom stereocenters. The molecule has 2 aromatic rings. The molecule has 0 bridgehead atoms. The van der Waals surface area contributed by atoms with Gasteiger partial charge in [0, 0.05) is 25.0 Å². The number of carbonyl (C=O) groups is 1. The molecule has 2 rings (SSSR count). The Balaban J connectivity index is 1.91. The van der Waals surface area contributed by atoms with Gasteiger partial charge in [-0.25, -0.2) is 4.98 Å². The average Bonchev–Trinajstić information content (AvgIpc) is 3.10. The van der Waals surface area contributed by atoms with Crippen molar-refractivity contribution in [2.45, 2.75) is 20.4 Å². The first-order chi connectivity index (χ1) is 10.1. The van der Waals surface area contributed by atoms with E-state index in [9.17, 15) is 4.79 Å². The molecule has 0 spiro atoms. The van der Waals surface area contributed by atoms with Crippen LogP contribution in [0.25, 0.3) is 10.8 Å². The van der Waals surface area contributed by atoms with Gasteiger partial charge in [-0.15, -0.1) is 11.3 Å². The van der Waals surface area contributed by atoms with Crippen molar-refractivity contribution < 1.29 is 9.21 Å². The van der Waals surface area contributed by atoms with Crippen LogP contribution in [-0.2, 0) is 11.3 Å². The van der Waals surface area contributed by atoms with Gasteiger partial charge < -0.3 is 9.32 Å². The first-order valence-corrected chi connectivity index (χ1v) is 7.96. The van der Waals surface area contributed by atoms with Crippen molar-refractivity contribution in [1.82, 2.24) is 14.8 Å². The molecule has 5 nitrogen and oxygen atoms in total. The molecule has 2 aromatic heterocycles. The van der Waals surface area contributed by atoms with Gasteiger partial charge in [-0.2, -0.15) is 0 Å². The Kier molecular flexibility index (Phi) is 5.52. The summed E-state index contributed by atoms with van der Waals surface area (Å²) < 4.78 is 5.34. The van der Waals surface area contributed by atoms with E-state index in [2.05, 4.69) is 4.98 Å². The smallest absolute Gasteiger partial charge is 0.236 e. The summed E-state index contributed by atoms with van der Waals surface area (Å²) in [5.41, 5.74) is 0.959. The van der Waals surface area contributed by atoms with Gasteiger partial charge in [-0.3, -0.25) is 9.69 Å². The maximum Gasteiger partial charge on any atom is 0.236 e. The molecule has 0 radical (unpaired) electrons. The van der Waals surface area contributed by atoms with Gasteiger partial charge in [0.05, 0.1) is 18.5 Å². The summed E-state index contributed by atoms with van der Waals surface area (Å²) in [6, 6.07) is 3.75. The zero-order valence-electron chi connectivity index (χ0n) is 12.7. The van der Waals surface area contributed by atoms with Gasteiger partial charge in [0.15, 0.2) is 10.8 Å². The Bertz CT molecular complexity index is 561. The normalized spacial score (nSPS) is 11.0.